The van der Waals surface area contributed by atoms with Gasteiger partial charge in [0.25, 0.3) is 0 Å². The van der Waals surface area contributed by atoms with E-state index in [1.54, 1.807) is 0 Å². The van der Waals surface area contributed by atoms with Gasteiger partial charge < -0.3 is 15.2 Å². The number of hydrogen-bond donors (Lipinski definition) is 2. The molecule has 4 rings (SSSR count). The lowest BCUT2D eigenvalue weighted by atomic mass is 9.79. The van der Waals surface area contributed by atoms with Gasteiger partial charge in [-0.3, -0.25) is 4.79 Å². The minimum atomic E-state index is -1.22. The molecule has 0 aliphatic carbocycles. The highest BCUT2D eigenvalue weighted by Gasteiger charge is 2.45. The topological polar surface area (TPSA) is 58.6 Å². The molecule has 2 aliphatic heterocycles. The number of rotatable bonds is 1. The Morgan fingerprint density at radius 1 is 1.08 bits per heavy atom. The molecule has 2 aromatic rings. The van der Waals surface area contributed by atoms with Crippen molar-refractivity contribution in [2.75, 3.05) is 6.54 Å². The van der Waals surface area contributed by atoms with E-state index in [2.05, 4.69) is 5.32 Å². The maximum absolute atomic E-state index is 12.4. The first-order valence-electron chi connectivity index (χ1n) is 8.90. The molecule has 0 saturated carbocycles. The normalized spacial score (nSPS) is 31.9. The summed E-state index contributed by atoms with van der Waals surface area (Å²) in [5, 5.41) is 14.8. The summed E-state index contributed by atoms with van der Waals surface area (Å²) in [7, 11) is 0. The van der Waals surface area contributed by atoms with Crippen LogP contribution in [0.25, 0.3) is 0 Å². The number of ether oxygens (including phenoxy) is 1. The third kappa shape index (κ3) is 2.75. The zero-order chi connectivity index (χ0) is 17.4. The van der Waals surface area contributed by atoms with Gasteiger partial charge in [0.05, 0.1) is 18.1 Å². The van der Waals surface area contributed by atoms with Crippen molar-refractivity contribution in [1.82, 2.24) is 5.32 Å². The smallest absolute Gasteiger partial charge is 0.227 e. The lowest BCUT2D eigenvalue weighted by molar-refractivity contribution is -0.123. The van der Waals surface area contributed by atoms with E-state index in [-0.39, 0.29) is 24.0 Å². The summed E-state index contributed by atoms with van der Waals surface area (Å²) in [6.45, 7) is 2.38. The second-order valence-corrected chi connectivity index (χ2v) is 7.05. The summed E-state index contributed by atoms with van der Waals surface area (Å²) in [4.78, 5) is 12.4. The summed E-state index contributed by atoms with van der Waals surface area (Å²) in [5.41, 5.74) is 1.29. The Bertz CT molecular complexity index is 776. The van der Waals surface area contributed by atoms with Gasteiger partial charge in [-0.25, -0.2) is 0 Å². The highest BCUT2D eigenvalue weighted by molar-refractivity contribution is 5.83. The number of carbonyl (C=O) groups excluding carboxylic acids is 1. The van der Waals surface area contributed by atoms with Crippen LogP contribution in [0.15, 0.2) is 54.6 Å². The van der Waals surface area contributed by atoms with E-state index in [1.807, 2.05) is 61.5 Å². The summed E-state index contributed by atoms with van der Waals surface area (Å²) >= 11 is 0. The molecule has 4 bridgehead atoms. The summed E-state index contributed by atoms with van der Waals surface area (Å²) in [6, 6.07) is 17.4. The molecule has 2 N–H and O–H groups in total. The van der Waals surface area contributed by atoms with Gasteiger partial charge in [0.15, 0.2) is 0 Å². The maximum Gasteiger partial charge on any atom is 0.227 e. The summed E-state index contributed by atoms with van der Waals surface area (Å²) in [5.74, 6) is -0.272. The molecule has 2 heterocycles. The molecule has 0 spiro atoms. The monoisotopic (exact) mass is 337 g/mol. The van der Waals surface area contributed by atoms with E-state index in [4.69, 9.17) is 4.74 Å². The van der Waals surface area contributed by atoms with Crippen molar-refractivity contribution in [3.05, 3.63) is 71.3 Å². The molecular formula is C21H23NO3. The largest absolute Gasteiger partial charge is 0.378 e. The van der Waals surface area contributed by atoms with Crippen LogP contribution in [0.2, 0.25) is 0 Å². The molecule has 0 aromatic heterocycles. The van der Waals surface area contributed by atoms with E-state index in [0.717, 1.165) is 29.5 Å². The maximum atomic E-state index is 12.4. The van der Waals surface area contributed by atoms with Crippen molar-refractivity contribution < 1.29 is 14.6 Å². The molecule has 2 aliphatic rings. The van der Waals surface area contributed by atoms with Crippen molar-refractivity contribution in [3.63, 3.8) is 0 Å². The summed E-state index contributed by atoms with van der Waals surface area (Å²) < 4.78 is 6.18. The van der Waals surface area contributed by atoms with Crippen LogP contribution in [0.3, 0.4) is 0 Å². The second-order valence-electron chi connectivity index (χ2n) is 7.05. The van der Waals surface area contributed by atoms with E-state index in [1.165, 1.54) is 0 Å². The number of amides is 1. The number of carbonyl (C=O) groups is 1. The van der Waals surface area contributed by atoms with Crippen LogP contribution in [0, 0.1) is 0 Å². The lowest BCUT2D eigenvalue weighted by Gasteiger charge is -2.35. The third-order valence-electron chi connectivity index (χ3n) is 5.51. The molecule has 25 heavy (non-hydrogen) atoms. The molecule has 130 valence electrons. The van der Waals surface area contributed by atoms with Crippen LogP contribution in [-0.2, 0) is 15.1 Å². The van der Waals surface area contributed by atoms with Crippen molar-refractivity contribution in [3.8, 4) is 0 Å². The molecular weight excluding hydrogens is 314 g/mol. The Morgan fingerprint density at radius 3 is 2.64 bits per heavy atom. The fraction of sp³-hybridized carbons (Fsp3) is 0.381. The average molecular weight is 337 g/mol. The SMILES string of the molecule is C[C@@H]1C(=O)NC[C@@H]2CC[C@@H](O2)[C@](O)(c2ccccc2)c2cccc1c2. The predicted molar refractivity (Wildman–Crippen MR) is 95.2 cm³/mol. The fourth-order valence-electron chi connectivity index (χ4n) is 3.96. The van der Waals surface area contributed by atoms with Crippen molar-refractivity contribution >= 4 is 5.91 Å². The van der Waals surface area contributed by atoms with Crippen molar-refractivity contribution in [2.24, 2.45) is 0 Å². The number of fused-ring (bicyclic) bond motifs is 4. The quantitative estimate of drug-likeness (QED) is 0.841. The Labute approximate surface area is 147 Å². The van der Waals surface area contributed by atoms with E-state index < -0.39 is 5.60 Å². The van der Waals surface area contributed by atoms with Crippen molar-refractivity contribution in [1.29, 1.82) is 0 Å². The Morgan fingerprint density at radius 2 is 1.84 bits per heavy atom. The van der Waals surface area contributed by atoms with Gasteiger partial charge in [0.2, 0.25) is 5.91 Å². The van der Waals surface area contributed by atoms with Gasteiger partial charge in [-0.05, 0) is 36.5 Å². The van der Waals surface area contributed by atoms with Crippen LogP contribution in [0.5, 0.6) is 0 Å². The van der Waals surface area contributed by atoms with Gasteiger partial charge in [-0.2, -0.15) is 0 Å². The molecule has 0 radical (unpaired) electrons. The minimum Gasteiger partial charge on any atom is -0.378 e. The van der Waals surface area contributed by atoms with Crippen LogP contribution in [-0.4, -0.2) is 29.8 Å². The number of aliphatic hydroxyl groups is 1. The highest BCUT2D eigenvalue weighted by Crippen LogP contribution is 2.41. The van der Waals surface area contributed by atoms with Gasteiger partial charge in [0, 0.05) is 6.54 Å². The highest BCUT2D eigenvalue weighted by atomic mass is 16.5. The second kappa shape index (κ2) is 6.28. The molecule has 4 atom stereocenters. The molecule has 2 aromatic carbocycles. The lowest BCUT2D eigenvalue weighted by Crippen LogP contribution is -2.41. The van der Waals surface area contributed by atoms with Gasteiger partial charge in [-0.1, -0.05) is 54.6 Å². The fourth-order valence-corrected chi connectivity index (χ4v) is 3.96. The zero-order valence-electron chi connectivity index (χ0n) is 14.3. The Kier molecular flexibility index (Phi) is 4.10. The van der Waals surface area contributed by atoms with E-state index in [0.29, 0.717) is 6.54 Å². The average Bonchev–Trinajstić information content (AvgIpc) is 3.14. The molecule has 1 fully saturated rings. The molecule has 1 saturated heterocycles. The first-order valence-corrected chi connectivity index (χ1v) is 8.90. The van der Waals surface area contributed by atoms with Crippen LogP contribution >= 0.6 is 0 Å². The summed E-state index contributed by atoms with van der Waals surface area (Å²) in [6.07, 6.45) is 1.19. The first-order chi connectivity index (χ1) is 12.1. The standard InChI is InChI=1S/C21H23NO3/c1-14-15-6-5-9-17(12-15)21(24,16-7-3-2-4-8-16)19-11-10-18(25-19)13-22-20(14)23/h2-9,12,14,18-19,24H,10-11,13H2,1H3,(H,22,23)/t14-,18-,19+,21-/m0/s1. The van der Waals surface area contributed by atoms with E-state index in [9.17, 15) is 9.90 Å². The third-order valence-corrected chi connectivity index (χ3v) is 5.51. The zero-order valence-corrected chi connectivity index (χ0v) is 14.3. The molecule has 4 heteroatoms. The van der Waals surface area contributed by atoms with Crippen molar-refractivity contribution in [2.45, 2.75) is 43.5 Å². The van der Waals surface area contributed by atoms with Crippen LogP contribution in [0.1, 0.15) is 42.4 Å². The molecule has 1 amide bonds. The Hall–Kier alpha value is -2.17. The Balaban J connectivity index is 1.89. The van der Waals surface area contributed by atoms with E-state index >= 15 is 0 Å². The molecule has 4 nitrogen and oxygen atoms in total. The van der Waals surface area contributed by atoms with Gasteiger partial charge >= 0.3 is 0 Å². The molecule has 0 unspecified atom stereocenters. The van der Waals surface area contributed by atoms with Crippen LogP contribution < -0.4 is 5.32 Å². The predicted octanol–water partition coefficient (Wildman–Crippen LogP) is 2.70. The first kappa shape index (κ1) is 16.3. The van der Waals surface area contributed by atoms with Gasteiger partial charge in [0.1, 0.15) is 5.60 Å². The number of benzene rings is 2. The number of hydrogen-bond acceptors (Lipinski definition) is 3. The number of nitrogens with one attached hydrogen (secondary N) is 1. The van der Waals surface area contributed by atoms with Crippen LogP contribution in [0.4, 0.5) is 0 Å². The van der Waals surface area contributed by atoms with Gasteiger partial charge in [-0.15, -0.1) is 0 Å². The minimum absolute atomic E-state index is 0.00523.